The minimum atomic E-state index is 0.247. The van der Waals surface area contributed by atoms with E-state index in [1.54, 1.807) is 24.3 Å². The van der Waals surface area contributed by atoms with Crippen LogP contribution in [0.4, 0.5) is 0 Å². The molecule has 0 amide bonds. The second-order valence-electron chi connectivity index (χ2n) is 6.28. The van der Waals surface area contributed by atoms with Crippen molar-refractivity contribution >= 4 is 0 Å². The number of aromatic nitrogens is 2. The van der Waals surface area contributed by atoms with Gasteiger partial charge in [0.1, 0.15) is 5.75 Å². The SMILES string of the molecule is N#Cc1ccc(OCc2nc(C3CC4CCC(C3)N4)no2)cc1. The van der Waals surface area contributed by atoms with E-state index in [4.69, 9.17) is 14.5 Å². The monoisotopic (exact) mass is 310 g/mol. The standard InChI is InChI=1S/C17H18N4O2/c18-9-11-1-5-15(6-2-11)22-10-16-20-17(21-23-16)12-7-13-3-4-14(8-12)19-13/h1-2,5-6,12-14,19H,3-4,7-8,10H2. The molecule has 2 fully saturated rings. The van der Waals surface area contributed by atoms with E-state index in [9.17, 15) is 0 Å². The van der Waals surface area contributed by atoms with Gasteiger partial charge in [-0.25, -0.2) is 0 Å². The van der Waals surface area contributed by atoms with E-state index >= 15 is 0 Å². The van der Waals surface area contributed by atoms with Gasteiger partial charge in [-0.2, -0.15) is 10.2 Å². The molecule has 0 radical (unpaired) electrons. The van der Waals surface area contributed by atoms with Gasteiger partial charge >= 0.3 is 0 Å². The molecule has 2 aromatic rings. The zero-order chi connectivity index (χ0) is 15.6. The molecule has 0 saturated carbocycles. The van der Waals surface area contributed by atoms with Crippen molar-refractivity contribution in [2.24, 2.45) is 0 Å². The molecule has 118 valence electrons. The van der Waals surface area contributed by atoms with E-state index in [1.165, 1.54) is 12.8 Å². The smallest absolute Gasteiger partial charge is 0.264 e. The Balaban J connectivity index is 1.37. The van der Waals surface area contributed by atoms with Gasteiger partial charge in [0.05, 0.1) is 11.6 Å². The fraction of sp³-hybridized carbons (Fsp3) is 0.471. The van der Waals surface area contributed by atoms with E-state index in [0.29, 0.717) is 35.2 Å². The van der Waals surface area contributed by atoms with Crippen LogP contribution in [0.1, 0.15) is 48.9 Å². The Hall–Kier alpha value is -2.39. The summed E-state index contributed by atoms with van der Waals surface area (Å²) in [7, 11) is 0. The Labute approximate surface area is 134 Å². The molecule has 0 aliphatic carbocycles. The molecule has 2 bridgehead atoms. The summed E-state index contributed by atoms with van der Waals surface area (Å²) in [5.74, 6) is 2.38. The van der Waals surface area contributed by atoms with Crippen molar-refractivity contribution in [2.45, 2.75) is 50.3 Å². The van der Waals surface area contributed by atoms with Crippen LogP contribution >= 0.6 is 0 Å². The number of benzene rings is 1. The highest BCUT2D eigenvalue weighted by atomic mass is 16.5. The van der Waals surface area contributed by atoms with Crippen molar-refractivity contribution in [1.82, 2.24) is 15.5 Å². The molecule has 2 aliphatic heterocycles. The maximum absolute atomic E-state index is 8.78. The maximum atomic E-state index is 8.78. The minimum Gasteiger partial charge on any atom is -0.484 e. The first kappa shape index (κ1) is 14.2. The highest BCUT2D eigenvalue weighted by Gasteiger charge is 2.36. The van der Waals surface area contributed by atoms with Crippen LogP contribution in [0.5, 0.6) is 5.75 Å². The van der Waals surface area contributed by atoms with Gasteiger partial charge in [-0.15, -0.1) is 0 Å². The summed E-state index contributed by atoms with van der Waals surface area (Å²) in [5, 5.41) is 16.5. The molecule has 3 heterocycles. The summed E-state index contributed by atoms with van der Waals surface area (Å²) >= 11 is 0. The summed E-state index contributed by atoms with van der Waals surface area (Å²) in [6, 6.07) is 10.3. The molecule has 6 heteroatoms. The molecular weight excluding hydrogens is 292 g/mol. The van der Waals surface area contributed by atoms with Crippen LogP contribution in [0.3, 0.4) is 0 Å². The first-order valence-corrected chi connectivity index (χ1v) is 8.01. The summed E-state index contributed by atoms with van der Waals surface area (Å²) < 4.78 is 10.9. The van der Waals surface area contributed by atoms with Gasteiger partial charge in [0.25, 0.3) is 5.89 Å². The predicted octanol–water partition coefficient (Wildman–Crippen LogP) is 2.52. The van der Waals surface area contributed by atoms with E-state index in [1.807, 2.05) is 0 Å². The molecule has 6 nitrogen and oxygen atoms in total. The molecule has 1 aromatic carbocycles. The summed E-state index contributed by atoms with van der Waals surface area (Å²) in [4.78, 5) is 4.50. The normalized spacial score (nSPS) is 26.0. The third kappa shape index (κ3) is 3.06. The minimum absolute atomic E-state index is 0.247. The molecule has 2 aliphatic rings. The third-order valence-corrected chi connectivity index (χ3v) is 4.67. The lowest BCUT2D eigenvalue weighted by atomic mass is 9.92. The lowest BCUT2D eigenvalue weighted by molar-refractivity contribution is 0.241. The topological polar surface area (TPSA) is 84.0 Å². The Kier molecular flexibility index (Phi) is 3.72. The highest BCUT2D eigenvalue weighted by Crippen LogP contribution is 2.35. The van der Waals surface area contributed by atoms with E-state index in [0.717, 1.165) is 18.7 Å². The lowest BCUT2D eigenvalue weighted by Crippen LogP contribution is -2.37. The van der Waals surface area contributed by atoms with Crippen molar-refractivity contribution in [3.63, 3.8) is 0 Å². The average molecular weight is 310 g/mol. The maximum Gasteiger partial charge on any atom is 0.264 e. The van der Waals surface area contributed by atoms with Crippen molar-refractivity contribution < 1.29 is 9.26 Å². The first-order chi connectivity index (χ1) is 11.3. The quantitative estimate of drug-likeness (QED) is 0.934. The Morgan fingerprint density at radius 2 is 1.96 bits per heavy atom. The van der Waals surface area contributed by atoms with Crippen LogP contribution in [-0.2, 0) is 6.61 Å². The van der Waals surface area contributed by atoms with Gasteiger partial charge < -0.3 is 14.6 Å². The fourth-order valence-corrected chi connectivity index (χ4v) is 3.53. The van der Waals surface area contributed by atoms with Gasteiger partial charge in [0.15, 0.2) is 12.4 Å². The molecule has 0 spiro atoms. The third-order valence-electron chi connectivity index (χ3n) is 4.67. The number of piperidine rings is 1. The van der Waals surface area contributed by atoms with Gasteiger partial charge in [0.2, 0.25) is 0 Å². The number of ether oxygens (including phenoxy) is 1. The molecule has 1 N–H and O–H groups in total. The van der Waals surface area contributed by atoms with Crippen molar-refractivity contribution in [3.8, 4) is 11.8 Å². The van der Waals surface area contributed by atoms with Crippen LogP contribution in [0.25, 0.3) is 0 Å². The Morgan fingerprint density at radius 3 is 2.65 bits per heavy atom. The predicted molar refractivity (Wildman–Crippen MR) is 81.7 cm³/mol. The second kappa shape index (κ2) is 6.01. The number of nitrogens with zero attached hydrogens (tertiary/aromatic N) is 3. The summed E-state index contributed by atoms with van der Waals surface area (Å²) in [5.41, 5.74) is 0.609. The van der Waals surface area contributed by atoms with Gasteiger partial charge in [-0.3, -0.25) is 0 Å². The van der Waals surface area contributed by atoms with Crippen molar-refractivity contribution in [2.75, 3.05) is 0 Å². The largest absolute Gasteiger partial charge is 0.484 e. The van der Waals surface area contributed by atoms with Crippen LogP contribution < -0.4 is 10.1 Å². The number of hydrogen-bond acceptors (Lipinski definition) is 6. The molecule has 1 aromatic heterocycles. The number of rotatable bonds is 4. The zero-order valence-corrected chi connectivity index (χ0v) is 12.7. The molecule has 2 saturated heterocycles. The average Bonchev–Trinajstić information content (AvgIpc) is 3.20. The summed E-state index contributed by atoms with van der Waals surface area (Å²) in [6.07, 6.45) is 4.69. The molecular formula is C17H18N4O2. The van der Waals surface area contributed by atoms with E-state index < -0.39 is 0 Å². The Morgan fingerprint density at radius 1 is 1.22 bits per heavy atom. The Bertz CT molecular complexity index is 707. The lowest BCUT2D eigenvalue weighted by Gasteiger charge is -2.26. The zero-order valence-electron chi connectivity index (χ0n) is 12.7. The number of nitrogens with one attached hydrogen (secondary N) is 1. The molecule has 2 atom stereocenters. The summed E-state index contributed by atoms with van der Waals surface area (Å²) in [6.45, 7) is 0.247. The van der Waals surface area contributed by atoms with Crippen LogP contribution in [0.15, 0.2) is 28.8 Å². The number of hydrogen-bond donors (Lipinski definition) is 1. The molecule has 23 heavy (non-hydrogen) atoms. The van der Waals surface area contributed by atoms with Crippen molar-refractivity contribution in [3.05, 3.63) is 41.5 Å². The van der Waals surface area contributed by atoms with Crippen LogP contribution in [0.2, 0.25) is 0 Å². The van der Waals surface area contributed by atoms with Gasteiger partial charge in [-0.05, 0) is 49.9 Å². The van der Waals surface area contributed by atoms with E-state index in [-0.39, 0.29) is 6.61 Å². The number of nitriles is 1. The second-order valence-corrected chi connectivity index (χ2v) is 6.28. The van der Waals surface area contributed by atoms with E-state index in [2.05, 4.69) is 21.5 Å². The van der Waals surface area contributed by atoms with Crippen LogP contribution in [-0.4, -0.2) is 22.2 Å². The number of fused-ring (bicyclic) bond motifs is 2. The van der Waals surface area contributed by atoms with Gasteiger partial charge in [-0.1, -0.05) is 5.16 Å². The molecule has 2 unspecified atom stereocenters. The molecule has 4 rings (SSSR count). The van der Waals surface area contributed by atoms with Crippen molar-refractivity contribution in [1.29, 1.82) is 5.26 Å². The van der Waals surface area contributed by atoms with Crippen LogP contribution in [0, 0.1) is 11.3 Å². The fourth-order valence-electron chi connectivity index (χ4n) is 3.53. The van der Waals surface area contributed by atoms with Gasteiger partial charge in [0, 0.05) is 18.0 Å². The highest BCUT2D eigenvalue weighted by molar-refractivity contribution is 5.34. The first-order valence-electron chi connectivity index (χ1n) is 8.01.